The molecule has 1 aliphatic heterocycles. The van der Waals surface area contributed by atoms with E-state index in [0.717, 1.165) is 62.7 Å². The zero-order valence-electron chi connectivity index (χ0n) is 38.9. The van der Waals surface area contributed by atoms with Crippen molar-refractivity contribution in [2.24, 2.45) is 68.5 Å². The van der Waals surface area contributed by atoms with Crippen LogP contribution in [-0.4, -0.2) is 58.0 Å². The first-order valence-corrected chi connectivity index (χ1v) is 23.8. The molecule has 10 heteroatoms. The highest BCUT2D eigenvalue weighted by Gasteiger charge is 2.72. The monoisotopic (exact) mass is 932 g/mol. The third-order valence-corrected chi connectivity index (χ3v) is 18.3. The van der Waals surface area contributed by atoms with Crippen molar-refractivity contribution in [1.29, 1.82) is 5.26 Å². The summed E-state index contributed by atoms with van der Waals surface area (Å²) in [6.07, 6.45) is 16.6. The van der Waals surface area contributed by atoms with Gasteiger partial charge < -0.3 is 24.1 Å². The summed E-state index contributed by atoms with van der Waals surface area (Å²) in [5, 5.41) is 20.0. The van der Waals surface area contributed by atoms with Crippen molar-refractivity contribution in [1.82, 2.24) is 0 Å². The van der Waals surface area contributed by atoms with Crippen LogP contribution in [0, 0.1) is 79.8 Å². The quantitative estimate of drug-likeness (QED) is 0.166. The van der Waals surface area contributed by atoms with Crippen LogP contribution in [0.3, 0.4) is 0 Å². The predicted octanol–water partition coefficient (Wildman–Crippen LogP) is 13.6. The van der Waals surface area contributed by atoms with Crippen LogP contribution in [0.15, 0.2) is 0 Å². The molecule has 66 heavy (non-hydrogen) atoms. The number of carbonyl (C=O) groups excluding carboxylic acids is 4. The zero-order valence-corrected chi connectivity index (χ0v) is 38.9. The van der Waals surface area contributed by atoms with Crippen molar-refractivity contribution >= 4 is 23.9 Å². The molecular weight excluding hydrogens is 831 g/mol. The van der Waals surface area contributed by atoms with Crippen molar-refractivity contribution in [2.75, 3.05) is 0 Å². The number of esters is 4. The van der Waals surface area contributed by atoms with Gasteiger partial charge >= 0.3 is 23.9 Å². The number of hydrogen-bond acceptors (Lipinski definition) is 10. The molecule has 0 aromatic carbocycles. The summed E-state index contributed by atoms with van der Waals surface area (Å²) in [7, 11) is 0. The summed E-state index contributed by atoms with van der Waals surface area (Å²) in [6, 6.07) is 2.15. The van der Waals surface area contributed by atoms with Gasteiger partial charge in [-0.15, -0.1) is 0 Å². The molecule has 0 spiro atoms. The van der Waals surface area contributed by atoms with E-state index in [1.54, 1.807) is 0 Å². The van der Waals surface area contributed by atoms with E-state index in [2.05, 4.69) is 26.8 Å². The van der Waals surface area contributed by atoms with Crippen LogP contribution in [-0.2, 0) is 38.1 Å². The Morgan fingerprint density at radius 3 is 1.53 bits per heavy atom. The molecule has 0 amide bonds. The molecule has 11 fully saturated rings. The number of carbonyl (C=O) groups is 4. The van der Waals surface area contributed by atoms with Crippen LogP contribution in [0.4, 0.5) is 0 Å². The van der Waals surface area contributed by atoms with E-state index in [-0.39, 0.29) is 102 Å². The second kappa shape index (κ2) is 20.7. The van der Waals surface area contributed by atoms with Crippen molar-refractivity contribution in [3.63, 3.8) is 0 Å². The number of rotatable bonds is 10. The molecule has 11 aliphatic rings. The lowest BCUT2D eigenvalue weighted by molar-refractivity contribution is -0.225. The van der Waals surface area contributed by atoms with Gasteiger partial charge in [-0.2, -0.15) is 5.26 Å². The molecule has 10 saturated carbocycles. The largest absolute Gasteiger partial charge is 0.459 e. The maximum Gasteiger partial charge on any atom is 0.327 e. The van der Waals surface area contributed by atoms with E-state index in [0.29, 0.717) is 31.1 Å². The molecule has 0 radical (unpaired) electrons. The Bertz CT molecular complexity index is 1700. The van der Waals surface area contributed by atoms with Gasteiger partial charge in [-0.1, -0.05) is 65.3 Å². The fourth-order valence-corrected chi connectivity index (χ4v) is 13.9. The van der Waals surface area contributed by atoms with Gasteiger partial charge in [0.25, 0.3) is 0 Å². The third-order valence-electron chi connectivity index (χ3n) is 18.3. The van der Waals surface area contributed by atoms with Gasteiger partial charge in [0.1, 0.15) is 23.4 Å². The van der Waals surface area contributed by atoms with Crippen molar-refractivity contribution in [2.45, 2.75) is 259 Å². The normalized spacial score (nSPS) is 37.6. The van der Waals surface area contributed by atoms with Gasteiger partial charge in [-0.3, -0.25) is 19.2 Å². The van der Waals surface area contributed by atoms with Crippen LogP contribution >= 0.6 is 0 Å². The Morgan fingerprint density at radius 1 is 0.652 bits per heavy atom. The molecule has 1 N–H and O–H groups in total. The van der Waals surface area contributed by atoms with Crippen LogP contribution in [0.5, 0.6) is 0 Å². The molecule has 0 aromatic heterocycles. The molecule has 1 saturated heterocycles. The standard InChI is InChI=1S/C19H32O2.C16H26O3.C15H19NO4.6CH4/c1-6-17(2,3)16(20)21-18(4,5)19-10-13-7-14(11-19)9-15(8-13)12-19;1-4-14(2,3)13(17)19-16-8-11-5-12(9-16)7-15(18,6-11)10-16;1-4-14(2,3)12(17)19-10-8-5-9-11(10)20-13(18)15(9,6-8)7-16;;;;;;/h13-15H,6-12H2,1-5H3;11-12,18H,4-10H2,1-3H3;8-11H,4-6H2,1-3H3;6*1H4. The Labute approximate surface area is 404 Å². The van der Waals surface area contributed by atoms with Crippen LogP contribution < -0.4 is 0 Å². The minimum absolute atomic E-state index is 0. The maximum absolute atomic E-state index is 12.6. The number of nitriles is 1. The molecule has 7 atom stereocenters. The molecule has 10 nitrogen and oxygen atoms in total. The molecule has 7 unspecified atom stereocenters. The average molecular weight is 932 g/mol. The SMILES string of the molecule is C.C.C.C.C.C.CCC(C)(C)C(=O)OC(C)(C)C12CC3CC(CC(C3)C1)C2.CCC(C)(C)C(=O)OC12CC3CC(CC(O)(C3)C1)C2.CCC(C)(C)C(=O)OC1C2CC3C1OC(=O)C3(C#N)C2. The Balaban J connectivity index is 0.000000474. The molecule has 11 rings (SSSR count). The summed E-state index contributed by atoms with van der Waals surface area (Å²) in [5.41, 5.74) is -3.25. The van der Waals surface area contributed by atoms with Crippen molar-refractivity contribution in [3.05, 3.63) is 0 Å². The van der Waals surface area contributed by atoms with E-state index in [9.17, 15) is 29.5 Å². The van der Waals surface area contributed by atoms with Gasteiger partial charge in [0.15, 0.2) is 5.41 Å². The fourth-order valence-electron chi connectivity index (χ4n) is 13.9. The summed E-state index contributed by atoms with van der Waals surface area (Å²) >= 11 is 0. The van der Waals surface area contributed by atoms with E-state index in [1.165, 1.54) is 44.9 Å². The van der Waals surface area contributed by atoms with Crippen LogP contribution in [0.25, 0.3) is 0 Å². The van der Waals surface area contributed by atoms with Crippen LogP contribution in [0.1, 0.15) is 230 Å². The minimum atomic E-state index is -0.974. The van der Waals surface area contributed by atoms with Crippen molar-refractivity contribution < 1.29 is 43.2 Å². The lowest BCUT2D eigenvalue weighted by atomic mass is 9.46. The van der Waals surface area contributed by atoms with Crippen LogP contribution in [0.2, 0.25) is 0 Å². The Hall–Kier alpha value is -2.67. The lowest BCUT2D eigenvalue weighted by Gasteiger charge is -2.61. The highest BCUT2D eigenvalue weighted by atomic mass is 16.6. The molecular formula is C56H101NO9. The Morgan fingerprint density at radius 2 is 1.09 bits per heavy atom. The Kier molecular flexibility index (Phi) is 19.3. The fraction of sp³-hybridized carbons (Fsp3) is 0.911. The summed E-state index contributed by atoms with van der Waals surface area (Å²) < 4.78 is 23.1. The predicted molar refractivity (Wildman–Crippen MR) is 266 cm³/mol. The summed E-state index contributed by atoms with van der Waals surface area (Å²) in [6.45, 7) is 22.0. The first-order valence-electron chi connectivity index (χ1n) is 23.8. The first kappa shape index (κ1) is 61.3. The topological polar surface area (TPSA) is 149 Å². The highest BCUT2D eigenvalue weighted by Crippen LogP contribution is 2.65. The van der Waals surface area contributed by atoms with Gasteiger partial charge in [-0.05, 0) is 188 Å². The number of hydrogen-bond donors (Lipinski definition) is 1. The lowest BCUT2D eigenvalue weighted by Crippen LogP contribution is -2.61. The number of ether oxygens (including phenoxy) is 4. The van der Waals surface area contributed by atoms with Gasteiger partial charge in [0.2, 0.25) is 0 Å². The summed E-state index contributed by atoms with van der Waals surface area (Å²) in [4.78, 5) is 49.1. The smallest absolute Gasteiger partial charge is 0.327 e. The van der Waals surface area contributed by atoms with Gasteiger partial charge in [0, 0.05) is 23.7 Å². The average Bonchev–Trinajstić information content (AvgIpc) is 3.75. The molecule has 1 heterocycles. The molecule has 10 bridgehead atoms. The molecule has 10 aliphatic carbocycles. The van der Waals surface area contributed by atoms with E-state index in [4.69, 9.17) is 18.9 Å². The van der Waals surface area contributed by atoms with Gasteiger partial charge in [0.05, 0.1) is 27.9 Å². The second-order valence-electron chi connectivity index (χ2n) is 24.2. The first-order chi connectivity index (χ1) is 27.8. The third kappa shape index (κ3) is 10.7. The van der Waals surface area contributed by atoms with E-state index in [1.807, 2.05) is 55.4 Å². The highest BCUT2D eigenvalue weighted by molar-refractivity contribution is 5.85. The molecule has 0 aromatic rings. The zero-order chi connectivity index (χ0) is 44.1. The molecule has 384 valence electrons. The number of aliphatic hydroxyl groups is 1. The number of fused-ring (bicyclic) bond motifs is 1. The van der Waals surface area contributed by atoms with E-state index >= 15 is 0 Å². The minimum Gasteiger partial charge on any atom is -0.459 e. The summed E-state index contributed by atoms with van der Waals surface area (Å²) in [5.74, 6) is 3.02. The number of nitrogens with zero attached hydrogens (tertiary/aromatic N) is 1. The van der Waals surface area contributed by atoms with Gasteiger partial charge in [-0.25, -0.2) is 0 Å². The van der Waals surface area contributed by atoms with Crippen molar-refractivity contribution in [3.8, 4) is 6.07 Å². The second-order valence-corrected chi connectivity index (χ2v) is 24.2. The maximum atomic E-state index is 12.6. The van der Waals surface area contributed by atoms with E-state index < -0.39 is 33.9 Å².